The number of pyridine rings is 1. The summed E-state index contributed by atoms with van der Waals surface area (Å²) in [7, 11) is -4.76. The van der Waals surface area contributed by atoms with Crippen molar-refractivity contribution in [2.24, 2.45) is 11.3 Å². The molecule has 5 aromatic rings. The lowest BCUT2D eigenvalue weighted by Gasteiger charge is -2.56. The Labute approximate surface area is 413 Å². The molecule has 2 aliphatic carbocycles. The highest BCUT2D eigenvalue weighted by atomic mass is 32.2. The number of ether oxygens (including phenoxy) is 3. The fraction of sp³-hybridized carbons (Fsp3) is 0.509. The second-order valence-corrected chi connectivity index (χ2v) is 22.8. The minimum atomic E-state index is -4.76. The molecule has 4 N–H and O–H groups in total. The molecule has 10 rings (SSSR count). The van der Waals surface area contributed by atoms with Crippen LogP contribution in [0.2, 0.25) is 0 Å². The number of halogens is 1. The molecular formula is C53H64FN7O9S. The number of anilines is 2. The van der Waals surface area contributed by atoms with Gasteiger partial charge in [0, 0.05) is 61.3 Å². The number of nitro groups is 1. The van der Waals surface area contributed by atoms with E-state index in [1.165, 1.54) is 48.4 Å². The van der Waals surface area contributed by atoms with Crippen LogP contribution in [-0.2, 0) is 10.0 Å². The smallest absolute Gasteiger partial charge is 0.297 e. The van der Waals surface area contributed by atoms with Gasteiger partial charge in [0.1, 0.15) is 23.8 Å². The molecule has 0 bridgehead atoms. The van der Waals surface area contributed by atoms with Crippen LogP contribution in [0.1, 0.15) is 132 Å². The molecule has 3 aliphatic heterocycles. The summed E-state index contributed by atoms with van der Waals surface area (Å²) in [6.45, 7) is 11.3. The number of sulfonamides is 1. The van der Waals surface area contributed by atoms with Gasteiger partial charge >= 0.3 is 0 Å². The summed E-state index contributed by atoms with van der Waals surface area (Å²) in [5.41, 5.74) is 2.72. The van der Waals surface area contributed by atoms with Gasteiger partial charge in [-0.05, 0) is 125 Å². The molecule has 5 heterocycles. The fourth-order valence-electron chi connectivity index (χ4n) is 11.9. The van der Waals surface area contributed by atoms with Crippen LogP contribution < -0.4 is 29.1 Å². The van der Waals surface area contributed by atoms with E-state index in [4.69, 9.17) is 14.2 Å². The normalized spacial score (nSPS) is 23.5. The molecule has 0 radical (unpaired) electrons. The minimum Gasteiger partial charge on any atom is -0.489 e. The standard InChI is InChI=1S/C53H64FN7O9S/c1-5-23-68-51-47(27-40-41(54)30-55-49(40)57-51)70-45-24-34(59-21-18-53(19-22-59)28-35(29-53)60-20-8-11-43(60)38-10-7-6-9-37(38)32(2)3)12-13-39(45)50(62)58-71(66,67)36-25-44(61(64)65)48-46(26-36)69-31-42(56-48)33-14-16-52(4,63)17-15-33/h6-7,9-10,12-13,24-27,30,32-33,35,42-43,56,63H,5,8,11,14-23,28-29,31H2,1-4H3,(H,55,57)(H,58,62)/t33?,42-,43-,52?/m1/s1. The molecule has 2 aromatic heterocycles. The molecule has 1 amide bonds. The number of aromatic amines is 1. The monoisotopic (exact) mass is 993 g/mol. The van der Waals surface area contributed by atoms with Crippen molar-refractivity contribution >= 4 is 44.0 Å². The van der Waals surface area contributed by atoms with E-state index >= 15 is 4.39 Å². The fourth-order valence-corrected chi connectivity index (χ4v) is 12.9. The maximum Gasteiger partial charge on any atom is 0.297 e. The van der Waals surface area contributed by atoms with E-state index in [9.17, 15) is 28.4 Å². The summed E-state index contributed by atoms with van der Waals surface area (Å²) < 4.78 is 63.7. The van der Waals surface area contributed by atoms with E-state index in [-0.39, 0.29) is 76.0 Å². The van der Waals surface area contributed by atoms with E-state index < -0.39 is 42.9 Å². The minimum absolute atomic E-state index is 0.0136. The van der Waals surface area contributed by atoms with Crippen LogP contribution in [0.3, 0.4) is 0 Å². The highest BCUT2D eigenvalue weighted by molar-refractivity contribution is 7.90. The number of fused-ring (bicyclic) bond motifs is 2. The molecule has 378 valence electrons. The molecular weight excluding hydrogens is 930 g/mol. The van der Waals surface area contributed by atoms with Gasteiger partial charge in [0.05, 0.1) is 39.0 Å². The first-order chi connectivity index (χ1) is 34.0. The van der Waals surface area contributed by atoms with Crippen LogP contribution in [0.4, 0.5) is 21.5 Å². The first-order valence-corrected chi connectivity index (χ1v) is 26.7. The van der Waals surface area contributed by atoms with Crippen LogP contribution in [0.25, 0.3) is 11.0 Å². The lowest BCUT2D eigenvalue weighted by molar-refractivity contribution is -0.384. The molecule has 0 unspecified atom stereocenters. The average Bonchev–Trinajstić information content (AvgIpc) is 3.97. The number of amides is 1. The highest BCUT2D eigenvalue weighted by Crippen LogP contribution is 2.54. The van der Waals surface area contributed by atoms with Crippen molar-refractivity contribution in [3.8, 4) is 23.1 Å². The van der Waals surface area contributed by atoms with Gasteiger partial charge in [-0.15, -0.1) is 0 Å². The van der Waals surface area contributed by atoms with Crippen LogP contribution in [-0.4, -0.2) is 89.8 Å². The van der Waals surface area contributed by atoms with Crippen LogP contribution in [0.5, 0.6) is 23.1 Å². The number of hydrogen-bond acceptors (Lipinski definition) is 13. The number of nitrogens with one attached hydrogen (secondary N) is 3. The Hall–Kier alpha value is -5.98. The number of aromatic nitrogens is 2. The number of hydrogen-bond donors (Lipinski definition) is 4. The number of H-pyrrole nitrogens is 1. The third-order valence-electron chi connectivity index (χ3n) is 15.9. The van der Waals surface area contributed by atoms with Crippen LogP contribution >= 0.6 is 0 Å². The van der Waals surface area contributed by atoms with Gasteiger partial charge in [-0.1, -0.05) is 45.0 Å². The Morgan fingerprint density at radius 2 is 1.80 bits per heavy atom. The summed E-state index contributed by atoms with van der Waals surface area (Å²) >= 11 is 0. The van der Waals surface area contributed by atoms with Gasteiger partial charge in [0.2, 0.25) is 0 Å². The Morgan fingerprint density at radius 3 is 2.54 bits per heavy atom. The Bertz CT molecular complexity index is 2940. The van der Waals surface area contributed by atoms with E-state index in [1.54, 1.807) is 19.1 Å². The Balaban J connectivity index is 0.895. The summed E-state index contributed by atoms with van der Waals surface area (Å²) in [5.74, 6) is -1.09. The number of carbonyl (C=O) groups excluding carboxylic acids is 1. The summed E-state index contributed by atoms with van der Waals surface area (Å²) in [4.78, 5) is 37.8. The van der Waals surface area contributed by atoms with Gasteiger partial charge in [-0.25, -0.2) is 17.5 Å². The third kappa shape index (κ3) is 9.74. The molecule has 2 atom stereocenters. The van der Waals surface area contributed by atoms with Crippen LogP contribution in [0.15, 0.2) is 71.8 Å². The van der Waals surface area contributed by atoms with E-state index in [1.807, 2.05) is 6.92 Å². The van der Waals surface area contributed by atoms with Crippen molar-refractivity contribution in [3.05, 3.63) is 99.5 Å². The summed E-state index contributed by atoms with van der Waals surface area (Å²) in [5, 5.41) is 26.3. The predicted octanol–water partition coefficient (Wildman–Crippen LogP) is 10.1. The van der Waals surface area contributed by atoms with Crippen LogP contribution in [0, 0.1) is 27.3 Å². The van der Waals surface area contributed by atoms with Gasteiger partial charge in [0.25, 0.3) is 27.5 Å². The highest BCUT2D eigenvalue weighted by Gasteiger charge is 2.50. The van der Waals surface area contributed by atoms with Crippen molar-refractivity contribution < 1.29 is 41.8 Å². The summed E-state index contributed by atoms with van der Waals surface area (Å²) in [6, 6.07) is 18.0. The number of aliphatic hydroxyl groups is 1. The van der Waals surface area contributed by atoms with Gasteiger partial charge < -0.3 is 34.5 Å². The molecule has 4 fully saturated rings. The number of nitrogens with zero attached hydrogens (tertiary/aromatic N) is 4. The number of rotatable bonds is 14. The number of piperidine rings is 1. The predicted molar refractivity (Wildman–Crippen MR) is 268 cm³/mol. The maximum absolute atomic E-state index is 15.0. The van der Waals surface area contributed by atoms with Gasteiger partial charge in [-0.2, -0.15) is 4.98 Å². The molecule has 2 saturated carbocycles. The molecule has 3 aromatic carbocycles. The lowest BCUT2D eigenvalue weighted by atomic mass is 9.59. The number of benzene rings is 3. The van der Waals surface area contributed by atoms with E-state index in [2.05, 4.69) is 67.9 Å². The van der Waals surface area contributed by atoms with Crippen molar-refractivity contribution in [3.63, 3.8) is 0 Å². The molecule has 18 heteroatoms. The Kier molecular flexibility index (Phi) is 13.2. The third-order valence-corrected chi connectivity index (χ3v) is 17.2. The van der Waals surface area contributed by atoms with E-state index in [0.717, 1.165) is 57.1 Å². The number of nitro benzene ring substituents is 1. The topological polar surface area (TPSA) is 201 Å². The second kappa shape index (κ2) is 19.2. The van der Waals surface area contributed by atoms with Crippen molar-refractivity contribution in [1.29, 1.82) is 0 Å². The zero-order valence-electron chi connectivity index (χ0n) is 40.8. The largest absolute Gasteiger partial charge is 0.489 e. The summed E-state index contributed by atoms with van der Waals surface area (Å²) in [6.07, 6.45) is 11.0. The number of carbonyl (C=O) groups is 1. The first kappa shape index (κ1) is 48.6. The van der Waals surface area contributed by atoms with Crippen molar-refractivity contribution in [2.45, 2.75) is 133 Å². The van der Waals surface area contributed by atoms with Gasteiger partial charge in [0.15, 0.2) is 17.2 Å². The van der Waals surface area contributed by atoms with Crippen molar-refractivity contribution in [1.82, 2.24) is 19.6 Å². The molecule has 2 saturated heterocycles. The maximum atomic E-state index is 15.0. The lowest BCUT2D eigenvalue weighted by Crippen LogP contribution is -2.54. The Morgan fingerprint density at radius 1 is 1.04 bits per heavy atom. The molecule has 71 heavy (non-hydrogen) atoms. The second-order valence-electron chi connectivity index (χ2n) is 21.1. The molecule has 16 nitrogen and oxygen atoms in total. The SMILES string of the molecule is CCCOc1nc2[nH]cc(F)c2cc1Oc1cc(N2CCC3(CC2)CC(N2CCC[C@@H]2c2ccccc2C(C)C)C3)ccc1C(=O)NS(=O)(=O)c1cc2c(c([N+](=O)[O-])c1)N[C@@H](C1CCC(C)(O)CC1)CO2. The zero-order chi connectivity index (χ0) is 49.8. The average molecular weight is 994 g/mol. The number of likely N-dealkylation sites (tertiary alicyclic amines) is 1. The molecule has 1 spiro atoms. The van der Waals surface area contributed by atoms with Gasteiger partial charge in [-0.3, -0.25) is 19.8 Å². The zero-order valence-corrected chi connectivity index (χ0v) is 41.7. The van der Waals surface area contributed by atoms with Crippen molar-refractivity contribution in [2.75, 3.05) is 43.1 Å². The van der Waals surface area contributed by atoms with E-state index in [0.29, 0.717) is 50.1 Å². The molecule has 5 aliphatic rings. The first-order valence-electron chi connectivity index (χ1n) is 25.2. The quantitative estimate of drug-likeness (QED) is 0.0605.